The van der Waals surface area contributed by atoms with Crippen molar-refractivity contribution in [1.82, 2.24) is 9.88 Å². The Hall–Kier alpha value is -4.62. The number of pyridine rings is 1. The number of hydrogen-bond acceptors (Lipinski definition) is 6. The Morgan fingerprint density at radius 1 is 1.00 bits per heavy atom. The number of methoxy groups -OCH3 is 2. The number of halogens is 7. The third-order valence-corrected chi connectivity index (χ3v) is 8.89. The predicted molar refractivity (Wildman–Crippen MR) is 164 cm³/mol. The monoisotopic (exact) mass is 694 g/mol. The summed E-state index contributed by atoms with van der Waals surface area (Å²) in [6.45, 7) is 5.49. The summed E-state index contributed by atoms with van der Waals surface area (Å²) in [5.41, 5.74) is -1.52. The number of carbonyl (C=O) groups excluding carboxylic acids is 2. The topological polar surface area (TPSA) is 78.0 Å². The normalized spacial score (nSPS) is 19.6. The van der Waals surface area contributed by atoms with E-state index in [2.05, 4.69) is 4.74 Å². The van der Waals surface area contributed by atoms with Crippen LogP contribution in [0.3, 0.4) is 0 Å². The maximum atomic E-state index is 15.2. The largest absolute Gasteiger partial charge is 0.494 e. The average molecular weight is 695 g/mol. The molecule has 49 heavy (non-hydrogen) atoms. The number of aromatic nitrogens is 1. The number of benzene rings is 2. The lowest BCUT2D eigenvalue weighted by molar-refractivity contribution is -0.143. The van der Waals surface area contributed by atoms with Gasteiger partial charge < -0.3 is 14.2 Å². The number of cyclic esters (lactones) is 1. The number of esters is 1. The highest BCUT2D eigenvalue weighted by Crippen LogP contribution is 2.46. The molecule has 2 aliphatic rings. The fraction of sp³-hybridized carbons (Fsp3) is 0.400. The highest BCUT2D eigenvalue weighted by atomic mass is 19.4. The molecular formula is C35H33F7N2O5. The minimum absolute atomic E-state index is 0.0154. The first-order valence-corrected chi connectivity index (χ1v) is 15.2. The molecule has 2 atom stereocenters. The molecule has 1 aliphatic heterocycles. The van der Waals surface area contributed by atoms with Gasteiger partial charge in [0.25, 0.3) is 0 Å². The lowest BCUT2D eigenvalue weighted by Crippen LogP contribution is -2.35. The van der Waals surface area contributed by atoms with E-state index in [1.165, 1.54) is 38.2 Å². The SMILES string of the molecule is COC(=O)c1ccc(-c2ccc(OC)c(C3=C(CN4C(=O)O[C@H](c5cc(C(F)(F)F)cc(C(F)(F)F)c5)[C@@H]4C)CC(C)(C)CC3)n2)c(F)c1. The molecule has 1 aromatic heterocycles. The molecule has 2 heterocycles. The summed E-state index contributed by atoms with van der Waals surface area (Å²) in [5, 5.41) is 0. The number of rotatable bonds is 7. The molecule has 2 aromatic carbocycles. The van der Waals surface area contributed by atoms with Crippen molar-refractivity contribution in [1.29, 1.82) is 0 Å². The van der Waals surface area contributed by atoms with Crippen LogP contribution < -0.4 is 4.74 Å². The molecule has 14 heteroatoms. The van der Waals surface area contributed by atoms with Crippen molar-refractivity contribution in [2.75, 3.05) is 20.8 Å². The first-order chi connectivity index (χ1) is 22.8. The first kappa shape index (κ1) is 35.7. The molecule has 0 spiro atoms. The summed E-state index contributed by atoms with van der Waals surface area (Å²) in [5.74, 6) is -1.06. The zero-order valence-electron chi connectivity index (χ0n) is 27.2. The highest BCUT2D eigenvalue weighted by Gasteiger charge is 2.44. The van der Waals surface area contributed by atoms with Crippen molar-refractivity contribution in [3.63, 3.8) is 0 Å². The van der Waals surface area contributed by atoms with Gasteiger partial charge in [-0.15, -0.1) is 0 Å². The van der Waals surface area contributed by atoms with Crippen LogP contribution >= 0.6 is 0 Å². The second kappa shape index (κ2) is 13.0. The van der Waals surface area contributed by atoms with Crippen LogP contribution in [-0.2, 0) is 21.8 Å². The second-order valence-corrected chi connectivity index (χ2v) is 12.9. The van der Waals surface area contributed by atoms with Crippen LogP contribution in [0.25, 0.3) is 16.8 Å². The van der Waals surface area contributed by atoms with Gasteiger partial charge in [0, 0.05) is 12.1 Å². The van der Waals surface area contributed by atoms with Crippen LogP contribution in [0.15, 0.2) is 54.1 Å². The molecule has 262 valence electrons. The van der Waals surface area contributed by atoms with E-state index in [0.717, 1.165) is 11.6 Å². The fourth-order valence-corrected chi connectivity index (χ4v) is 6.30. The molecule has 0 N–H and O–H groups in total. The minimum Gasteiger partial charge on any atom is -0.494 e. The van der Waals surface area contributed by atoms with Crippen LogP contribution in [0.2, 0.25) is 0 Å². The van der Waals surface area contributed by atoms with Gasteiger partial charge in [-0.25, -0.2) is 19.0 Å². The van der Waals surface area contributed by atoms with Crippen molar-refractivity contribution in [2.24, 2.45) is 5.41 Å². The maximum absolute atomic E-state index is 15.2. The summed E-state index contributed by atoms with van der Waals surface area (Å²) >= 11 is 0. The number of nitrogens with zero attached hydrogens (tertiary/aromatic N) is 2. The Kier molecular flexibility index (Phi) is 9.48. The van der Waals surface area contributed by atoms with E-state index in [1.54, 1.807) is 12.1 Å². The lowest BCUT2D eigenvalue weighted by Gasteiger charge is -2.35. The Morgan fingerprint density at radius 3 is 2.22 bits per heavy atom. The molecule has 0 bridgehead atoms. The number of hydrogen-bond donors (Lipinski definition) is 0. The zero-order chi connectivity index (χ0) is 36.1. The number of carbonyl (C=O) groups is 2. The van der Waals surface area contributed by atoms with E-state index >= 15 is 4.39 Å². The minimum atomic E-state index is -5.07. The van der Waals surface area contributed by atoms with Crippen LogP contribution in [0.1, 0.15) is 78.9 Å². The Balaban J connectivity index is 1.54. The summed E-state index contributed by atoms with van der Waals surface area (Å²) < 4.78 is 112. The van der Waals surface area contributed by atoms with E-state index in [9.17, 15) is 35.9 Å². The van der Waals surface area contributed by atoms with Crippen LogP contribution in [0.4, 0.5) is 35.5 Å². The molecule has 1 amide bonds. The average Bonchev–Trinajstić information content (AvgIpc) is 3.31. The van der Waals surface area contributed by atoms with E-state index in [0.29, 0.717) is 48.4 Å². The Bertz CT molecular complexity index is 1780. The molecule has 5 rings (SSSR count). The first-order valence-electron chi connectivity index (χ1n) is 15.2. The molecule has 1 saturated heterocycles. The van der Waals surface area contributed by atoms with Gasteiger partial charge in [-0.3, -0.25) is 4.90 Å². The van der Waals surface area contributed by atoms with Crippen molar-refractivity contribution < 1.29 is 54.5 Å². The predicted octanol–water partition coefficient (Wildman–Crippen LogP) is 9.27. The van der Waals surface area contributed by atoms with Gasteiger partial charge in [0.2, 0.25) is 0 Å². The number of alkyl halides is 6. The van der Waals surface area contributed by atoms with E-state index in [1.807, 2.05) is 13.8 Å². The molecule has 0 saturated carbocycles. The van der Waals surface area contributed by atoms with Gasteiger partial charge in [-0.2, -0.15) is 26.3 Å². The number of amides is 1. The smallest absolute Gasteiger partial charge is 0.416 e. The van der Waals surface area contributed by atoms with Crippen molar-refractivity contribution >= 4 is 17.6 Å². The molecule has 1 fully saturated rings. The molecular weight excluding hydrogens is 661 g/mol. The molecule has 0 radical (unpaired) electrons. The van der Waals surface area contributed by atoms with Gasteiger partial charge in [-0.1, -0.05) is 13.8 Å². The Morgan fingerprint density at radius 2 is 1.65 bits per heavy atom. The molecule has 1 aliphatic carbocycles. The summed E-state index contributed by atoms with van der Waals surface area (Å²) in [6, 6.07) is 7.24. The standard InChI is InChI=1S/C35H33F7N2O5/c1-18-30(20-12-22(34(37,38)39)15-23(13-20)35(40,41)42)49-32(46)44(18)17-21-16-33(2,3)11-10-24(21)29-28(47-4)9-8-27(43-29)25-7-6-19(14-26(25)36)31(45)48-5/h6-9,12-15,18,30H,10-11,16-17H2,1-5H3/t18-,30-/m0/s1. The number of allylic oxidation sites excluding steroid dienone is 1. The summed E-state index contributed by atoms with van der Waals surface area (Å²) in [4.78, 5) is 31.1. The fourth-order valence-electron chi connectivity index (χ4n) is 6.30. The summed E-state index contributed by atoms with van der Waals surface area (Å²) in [7, 11) is 2.62. The number of ether oxygens (including phenoxy) is 3. The zero-order valence-corrected chi connectivity index (χ0v) is 27.2. The highest BCUT2D eigenvalue weighted by molar-refractivity contribution is 5.90. The molecule has 3 aromatic rings. The quantitative estimate of drug-likeness (QED) is 0.181. The van der Waals surface area contributed by atoms with Gasteiger partial charge in [0.1, 0.15) is 23.4 Å². The van der Waals surface area contributed by atoms with Gasteiger partial charge in [0.15, 0.2) is 0 Å². The van der Waals surface area contributed by atoms with Gasteiger partial charge in [0.05, 0.1) is 42.6 Å². The van der Waals surface area contributed by atoms with Crippen LogP contribution in [0, 0.1) is 11.2 Å². The van der Waals surface area contributed by atoms with Crippen molar-refractivity contribution in [3.8, 4) is 17.0 Å². The third-order valence-electron chi connectivity index (χ3n) is 8.89. The third kappa shape index (κ3) is 7.37. The Labute approximate surface area is 277 Å². The van der Waals surface area contributed by atoms with E-state index < -0.39 is 59.1 Å². The van der Waals surface area contributed by atoms with Crippen molar-refractivity contribution in [2.45, 2.75) is 64.5 Å². The lowest BCUT2D eigenvalue weighted by atomic mass is 9.73. The van der Waals surface area contributed by atoms with E-state index in [-0.39, 0.29) is 34.8 Å². The van der Waals surface area contributed by atoms with E-state index in [4.69, 9.17) is 14.5 Å². The maximum Gasteiger partial charge on any atom is 0.416 e. The van der Waals surface area contributed by atoms with Gasteiger partial charge in [-0.05, 0) is 96.8 Å². The summed E-state index contributed by atoms with van der Waals surface area (Å²) in [6.07, 6.45) is -10.8. The van der Waals surface area contributed by atoms with Crippen LogP contribution in [-0.4, -0.2) is 48.8 Å². The molecule has 7 nitrogen and oxygen atoms in total. The van der Waals surface area contributed by atoms with Crippen LogP contribution in [0.5, 0.6) is 5.75 Å². The second-order valence-electron chi connectivity index (χ2n) is 12.9. The van der Waals surface area contributed by atoms with Crippen molar-refractivity contribution in [3.05, 3.63) is 87.9 Å². The van der Waals surface area contributed by atoms with Gasteiger partial charge >= 0.3 is 24.4 Å². The molecule has 0 unspecified atom stereocenters.